The molecule has 2 heterocycles. The van der Waals surface area contributed by atoms with Crippen LogP contribution in [0.1, 0.15) is 24.1 Å². The number of carboxylic acids is 1. The number of hydrogen-bond donors (Lipinski definition) is 1. The Morgan fingerprint density at radius 1 is 1.25 bits per heavy atom. The topological polar surface area (TPSA) is 69.6 Å². The van der Waals surface area contributed by atoms with Crippen molar-refractivity contribution in [2.75, 3.05) is 31.1 Å². The molecule has 1 aliphatic heterocycles. The zero-order valence-electron chi connectivity index (χ0n) is 13.8. The largest absolute Gasteiger partial charge is 0.480 e. The maximum atomic E-state index is 11.9. The number of aromatic nitrogens is 2. The second-order valence-corrected chi connectivity index (χ2v) is 5.93. The third-order valence-corrected chi connectivity index (χ3v) is 4.46. The van der Waals surface area contributed by atoms with Gasteiger partial charge in [0.15, 0.2) is 0 Å². The number of anilines is 1. The van der Waals surface area contributed by atoms with Crippen molar-refractivity contribution >= 4 is 11.8 Å². The lowest BCUT2D eigenvalue weighted by molar-refractivity contribution is -0.143. The normalized spacial score (nSPS) is 16.8. The molecule has 1 atom stereocenters. The number of hydrogen-bond acceptors (Lipinski definition) is 5. The van der Waals surface area contributed by atoms with Gasteiger partial charge < -0.3 is 10.0 Å². The summed E-state index contributed by atoms with van der Waals surface area (Å²) in [4.78, 5) is 24.5. The Bertz CT molecular complexity index is 684. The van der Waals surface area contributed by atoms with Gasteiger partial charge in [-0.3, -0.25) is 14.7 Å². The predicted molar refractivity (Wildman–Crippen MR) is 92.0 cm³/mol. The Hall–Kier alpha value is -2.47. The lowest BCUT2D eigenvalue weighted by Gasteiger charge is -2.38. The number of aliphatic carboxylic acids is 1. The lowest BCUT2D eigenvalue weighted by atomic mass is 10.0. The SMILES string of the molecule is CCc1cccc(C(C(=O)O)N2CCN(c3cnccn3)CC2)c1. The molecule has 3 rings (SSSR count). The van der Waals surface area contributed by atoms with E-state index in [1.165, 1.54) is 0 Å². The predicted octanol–water partition coefficient (Wildman–Crippen LogP) is 1.99. The molecule has 1 fully saturated rings. The molecule has 2 aromatic rings. The third kappa shape index (κ3) is 3.54. The van der Waals surface area contributed by atoms with Crippen molar-refractivity contribution in [2.45, 2.75) is 19.4 Å². The summed E-state index contributed by atoms with van der Waals surface area (Å²) in [6, 6.07) is 7.30. The molecular weight excluding hydrogens is 304 g/mol. The Kier molecular flexibility index (Phi) is 5.05. The molecule has 0 bridgehead atoms. The van der Waals surface area contributed by atoms with Crippen LogP contribution in [0, 0.1) is 0 Å². The molecule has 0 radical (unpaired) electrons. The zero-order valence-corrected chi connectivity index (χ0v) is 13.8. The Morgan fingerprint density at radius 3 is 2.67 bits per heavy atom. The number of piperazine rings is 1. The molecular formula is C18H22N4O2. The molecule has 6 heteroatoms. The minimum absolute atomic E-state index is 0.597. The van der Waals surface area contributed by atoms with E-state index in [0.717, 1.165) is 36.5 Å². The maximum Gasteiger partial charge on any atom is 0.325 e. The second-order valence-electron chi connectivity index (χ2n) is 5.93. The fourth-order valence-corrected chi connectivity index (χ4v) is 3.16. The van der Waals surface area contributed by atoms with E-state index >= 15 is 0 Å². The van der Waals surface area contributed by atoms with Crippen LogP contribution in [0.25, 0.3) is 0 Å². The van der Waals surface area contributed by atoms with Crippen LogP contribution in [0.5, 0.6) is 0 Å². The quantitative estimate of drug-likeness (QED) is 0.906. The maximum absolute atomic E-state index is 11.9. The summed E-state index contributed by atoms with van der Waals surface area (Å²) in [5.41, 5.74) is 2.02. The van der Waals surface area contributed by atoms with Crippen LogP contribution in [-0.2, 0) is 11.2 Å². The smallest absolute Gasteiger partial charge is 0.325 e. The Balaban J connectivity index is 1.73. The number of carbonyl (C=O) groups is 1. The van der Waals surface area contributed by atoms with E-state index in [4.69, 9.17) is 0 Å². The van der Waals surface area contributed by atoms with Crippen LogP contribution < -0.4 is 4.90 Å². The monoisotopic (exact) mass is 326 g/mol. The summed E-state index contributed by atoms with van der Waals surface area (Å²) in [5, 5.41) is 9.75. The zero-order chi connectivity index (χ0) is 16.9. The van der Waals surface area contributed by atoms with Gasteiger partial charge in [-0.1, -0.05) is 31.2 Å². The minimum Gasteiger partial charge on any atom is -0.480 e. The van der Waals surface area contributed by atoms with E-state index in [1.54, 1.807) is 18.6 Å². The Labute approximate surface area is 141 Å². The summed E-state index contributed by atoms with van der Waals surface area (Å²) >= 11 is 0. The van der Waals surface area contributed by atoms with Gasteiger partial charge in [0.25, 0.3) is 0 Å². The van der Waals surface area contributed by atoms with Crippen molar-refractivity contribution in [1.82, 2.24) is 14.9 Å². The van der Waals surface area contributed by atoms with Crippen molar-refractivity contribution < 1.29 is 9.90 Å². The first kappa shape index (κ1) is 16.4. The molecule has 126 valence electrons. The fraction of sp³-hybridized carbons (Fsp3) is 0.389. The number of carboxylic acid groups (broad SMARTS) is 1. The molecule has 1 aromatic carbocycles. The highest BCUT2D eigenvalue weighted by Gasteiger charge is 2.30. The first-order chi connectivity index (χ1) is 11.7. The Morgan fingerprint density at radius 2 is 2.04 bits per heavy atom. The number of rotatable bonds is 5. The van der Waals surface area contributed by atoms with E-state index in [0.29, 0.717) is 13.1 Å². The summed E-state index contributed by atoms with van der Waals surface area (Å²) in [6.07, 6.45) is 5.98. The third-order valence-electron chi connectivity index (χ3n) is 4.46. The highest BCUT2D eigenvalue weighted by Crippen LogP contribution is 2.24. The molecule has 24 heavy (non-hydrogen) atoms. The number of nitrogens with zero attached hydrogens (tertiary/aromatic N) is 4. The van der Waals surface area contributed by atoms with Crippen LogP contribution >= 0.6 is 0 Å². The first-order valence-corrected chi connectivity index (χ1v) is 8.25. The molecule has 1 unspecified atom stereocenters. The standard InChI is InChI=1S/C18H22N4O2/c1-2-14-4-3-5-15(12-14)17(18(23)24)22-10-8-21(9-11-22)16-13-19-6-7-20-16/h3-7,12-13,17H,2,8-11H2,1H3,(H,23,24). The van der Waals surface area contributed by atoms with Crippen molar-refractivity contribution in [3.8, 4) is 0 Å². The van der Waals surface area contributed by atoms with Gasteiger partial charge in [0, 0.05) is 38.6 Å². The van der Waals surface area contributed by atoms with E-state index < -0.39 is 12.0 Å². The first-order valence-electron chi connectivity index (χ1n) is 8.25. The van der Waals surface area contributed by atoms with Crippen molar-refractivity contribution in [1.29, 1.82) is 0 Å². The van der Waals surface area contributed by atoms with E-state index in [-0.39, 0.29) is 0 Å². The van der Waals surface area contributed by atoms with Crippen molar-refractivity contribution in [3.63, 3.8) is 0 Å². The number of aryl methyl sites for hydroxylation is 1. The molecule has 1 N–H and O–H groups in total. The average Bonchev–Trinajstić information content (AvgIpc) is 2.63. The summed E-state index contributed by atoms with van der Waals surface area (Å²) in [5.74, 6) is 0.0493. The average molecular weight is 326 g/mol. The molecule has 1 saturated heterocycles. The van der Waals surface area contributed by atoms with Gasteiger partial charge in [0.2, 0.25) is 0 Å². The molecule has 0 saturated carbocycles. The van der Waals surface area contributed by atoms with Crippen LogP contribution in [0.15, 0.2) is 42.9 Å². The van der Waals surface area contributed by atoms with Gasteiger partial charge >= 0.3 is 5.97 Å². The highest BCUT2D eigenvalue weighted by atomic mass is 16.4. The molecule has 1 aromatic heterocycles. The van der Waals surface area contributed by atoms with E-state index in [2.05, 4.69) is 21.8 Å². The van der Waals surface area contributed by atoms with Gasteiger partial charge in [-0.05, 0) is 17.5 Å². The molecule has 0 aliphatic carbocycles. The molecule has 0 spiro atoms. The highest BCUT2D eigenvalue weighted by molar-refractivity contribution is 5.75. The molecule has 6 nitrogen and oxygen atoms in total. The summed E-state index contributed by atoms with van der Waals surface area (Å²) in [7, 11) is 0. The van der Waals surface area contributed by atoms with Crippen molar-refractivity contribution in [3.05, 3.63) is 54.0 Å². The summed E-state index contributed by atoms with van der Waals surface area (Å²) in [6.45, 7) is 4.94. The van der Waals surface area contributed by atoms with Crippen LogP contribution in [0.3, 0.4) is 0 Å². The lowest BCUT2D eigenvalue weighted by Crippen LogP contribution is -2.49. The van der Waals surface area contributed by atoms with Crippen LogP contribution in [0.4, 0.5) is 5.82 Å². The fourth-order valence-electron chi connectivity index (χ4n) is 3.16. The van der Waals surface area contributed by atoms with E-state index in [1.807, 2.05) is 29.2 Å². The van der Waals surface area contributed by atoms with Gasteiger partial charge in [-0.15, -0.1) is 0 Å². The summed E-state index contributed by atoms with van der Waals surface area (Å²) < 4.78 is 0. The van der Waals surface area contributed by atoms with E-state index in [9.17, 15) is 9.90 Å². The van der Waals surface area contributed by atoms with Gasteiger partial charge in [-0.2, -0.15) is 0 Å². The van der Waals surface area contributed by atoms with Gasteiger partial charge in [0.05, 0.1) is 6.20 Å². The van der Waals surface area contributed by atoms with Gasteiger partial charge in [-0.25, -0.2) is 4.98 Å². The van der Waals surface area contributed by atoms with Gasteiger partial charge in [0.1, 0.15) is 11.9 Å². The second kappa shape index (κ2) is 7.40. The molecule has 1 aliphatic rings. The number of benzene rings is 1. The van der Waals surface area contributed by atoms with Crippen LogP contribution in [0.2, 0.25) is 0 Å². The molecule has 0 amide bonds. The van der Waals surface area contributed by atoms with Crippen molar-refractivity contribution in [2.24, 2.45) is 0 Å². The minimum atomic E-state index is -0.795. The van der Waals surface area contributed by atoms with Crippen LogP contribution in [-0.4, -0.2) is 52.1 Å².